The molecule has 2 amide bonds. The molecule has 0 aliphatic rings. The van der Waals surface area contributed by atoms with Gasteiger partial charge in [-0.2, -0.15) is 5.10 Å². The molecule has 0 radical (unpaired) electrons. The molecule has 0 saturated carbocycles. The molecular formula is C27H39FN6O2. The van der Waals surface area contributed by atoms with Crippen LogP contribution in [-0.4, -0.2) is 71.2 Å². The Bertz CT molecular complexity index is 1160. The fourth-order valence-corrected chi connectivity index (χ4v) is 3.43. The topological polar surface area (TPSA) is 94.3 Å². The van der Waals surface area contributed by atoms with Crippen molar-refractivity contribution in [2.24, 2.45) is 0 Å². The summed E-state index contributed by atoms with van der Waals surface area (Å²) in [5.74, 6) is -0.660. The third kappa shape index (κ3) is 7.34. The first kappa shape index (κ1) is 28.9. The maximum absolute atomic E-state index is 13.4. The quantitative estimate of drug-likeness (QED) is 0.555. The Labute approximate surface area is 213 Å². The number of halogens is 1. The zero-order chi connectivity index (χ0) is 27.3. The lowest BCUT2D eigenvalue weighted by molar-refractivity contribution is -0.142. The van der Waals surface area contributed by atoms with Gasteiger partial charge in [0.25, 0.3) is 0 Å². The predicted octanol–water partition coefficient (Wildman–Crippen LogP) is 3.24. The van der Waals surface area contributed by atoms with Gasteiger partial charge in [-0.15, -0.1) is 0 Å². The largest absolute Gasteiger partial charge is 0.347 e. The van der Waals surface area contributed by atoms with Crippen molar-refractivity contribution in [1.29, 1.82) is 5.41 Å². The molecule has 1 aromatic heterocycles. The van der Waals surface area contributed by atoms with Crippen LogP contribution in [0.2, 0.25) is 0 Å². The second-order valence-electron chi connectivity index (χ2n) is 10.6. The molecular weight excluding hydrogens is 459 g/mol. The lowest BCUT2D eigenvalue weighted by Crippen LogP contribution is -2.54. The average Bonchev–Trinajstić information content (AvgIpc) is 2.80. The summed E-state index contributed by atoms with van der Waals surface area (Å²) in [5, 5.41) is 16.3. The second-order valence-corrected chi connectivity index (χ2v) is 10.6. The van der Waals surface area contributed by atoms with Crippen molar-refractivity contribution in [1.82, 2.24) is 24.9 Å². The van der Waals surface area contributed by atoms with Gasteiger partial charge in [0.1, 0.15) is 11.3 Å². The van der Waals surface area contributed by atoms with E-state index in [2.05, 4.69) is 10.4 Å². The number of nitrogens with zero attached hydrogens (tertiary/aromatic N) is 4. The Morgan fingerprint density at radius 2 is 1.75 bits per heavy atom. The van der Waals surface area contributed by atoms with E-state index in [4.69, 9.17) is 5.41 Å². The number of hydrogen-bond acceptors (Lipinski definition) is 5. The summed E-state index contributed by atoms with van der Waals surface area (Å²) >= 11 is 0. The number of carbonyl (C=O) groups excluding carboxylic acids is 2. The van der Waals surface area contributed by atoms with Gasteiger partial charge in [-0.1, -0.05) is 26.8 Å². The van der Waals surface area contributed by atoms with Crippen LogP contribution in [0, 0.1) is 11.2 Å². The highest BCUT2D eigenvalue weighted by Gasteiger charge is 2.31. The molecule has 0 fully saturated rings. The van der Waals surface area contributed by atoms with Crippen LogP contribution in [-0.2, 0) is 15.0 Å². The molecule has 8 nitrogen and oxygen atoms in total. The first-order chi connectivity index (χ1) is 16.7. The van der Waals surface area contributed by atoms with E-state index >= 15 is 0 Å². The smallest absolute Gasteiger partial charge is 0.242 e. The molecule has 0 aliphatic heterocycles. The van der Waals surface area contributed by atoms with Crippen molar-refractivity contribution in [3.8, 4) is 11.3 Å². The van der Waals surface area contributed by atoms with Crippen LogP contribution in [0.25, 0.3) is 17.5 Å². The number of nitrogens with one attached hydrogen (secondary N) is 2. The maximum Gasteiger partial charge on any atom is 0.242 e. The van der Waals surface area contributed by atoms with Crippen LogP contribution in [0.15, 0.2) is 36.4 Å². The summed E-state index contributed by atoms with van der Waals surface area (Å²) in [4.78, 5) is 28.4. The van der Waals surface area contributed by atoms with Gasteiger partial charge < -0.3 is 15.1 Å². The summed E-state index contributed by atoms with van der Waals surface area (Å²) in [5.41, 5.74) is 1.30. The Morgan fingerprint density at radius 3 is 2.28 bits per heavy atom. The van der Waals surface area contributed by atoms with Crippen LogP contribution in [0.4, 0.5) is 4.39 Å². The zero-order valence-corrected chi connectivity index (χ0v) is 22.6. The molecule has 0 saturated heterocycles. The molecule has 196 valence electrons. The van der Waals surface area contributed by atoms with Crippen LogP contribution >= 0.6 is 0 Å². The van der Waals surface area contributed by atoms with Crippen LogP contribution in [0.5, 0.6) is 0 Å². The Morgan fingerprint density at radius 1 is 1.14 bits per heavy atom. The van der Waals surface area contributed by atoms with Crippen molar-refractivity contribution in [2.45, 2.75) is 52.0 Å². The van der Waals surface area contributed by atoms with Crippen LogP contribution in [0.1, 0.15) is 46.6 Å². The van der Waals surface area contributed by atoms with Crippen molar-refractivity contribution in [3.63, 3.8) is 0 Å². The fraction of sp³-hybridized carbons (Fsp3) is 0.481. The number of amides is 2. The van der Waals surface area contributed by atoms with Crippen molar-refractivity contribution >= 4 is 18.0 Å². The molecule has 0 bridgehead atoms. The van der Waals surface area contributed by atoms with Gasteiger partial charge in [0.2, 0.25) is 11.8 Å². The van der Waals surface area contributed by atoms with Gasteiger partial charge in [0.15, 0.2) is 0 Å². The lowest BCUT2D eigenvalue weighted by Gasteiger charge is -2.31. The SMILES string of the molecule is CNC(C)(C)C(=O)N(CC/C=C/n1nc(-c2ccc(F)cc2)cc(C(C)(C)C)c1=N)CC(=O)N(C)C. The Kier molecular flexibility index (Phi) is 9.32. The highest BCUT2D eigenvalue weighted by atomic mass is 19.1. The standard InChI is InChI=1S/C27H39FN6O2/c1-26(2,3)21-17-22(19-11-13-20(28)14-12-19)31-34(24(21)29)16-10-9-15-33(18-23(35)32(7)8)25(36)27(4,5)30-6/h10-14,16-17,29-30H,9,15,18H2,1-8H3/b16-10+,29-24?. The van der Waals surface area contributed by atoms with Crippen molar-refractivity contribution < 1.29 is 14.0 Å². The van der Waals surface area contributed by atoms with Gasteiger partial charge >= 0.3 is 0 Å². The number of carbonyl (C=O) groups is 2. The summed E-state index contributed by atoms with van der Waals surface area (Å²) in [7, 11) is 5.03. The van der Waals surface area contributed by atoms with Crippen molar-refractivity contribution in [2.75, 3.05) is 34.2 Å². The normalized spacial score (nSPS) is 12.1. The van der Waals surface area contributed by atoms with Crippen LogP contribution in [0.3, 0.4) is 0 Å². The molecule has 1 aromatic carbocycles. The molecule has 0 atom stereocenters. The molecule has 2 aromatic rings. The number of benzene rings is 1. The third-order valence-corrected chi connectivity index (χ3v) is 6.01. The van der Waals surface area contributed by atoms with Crippen molar-refractivity contribution in [3.05, 3.63) is 53.3 Å². The minimum atomic E-state index is -0.813. The summed E-state index contributed by atoms with van der Waals surface area (Å²) < 4.78 is 14.9. The second kappa shape index (κ2) is 11.6. The van der Waals surface area contributed by atoms with Gasteiger partial charge in [0.05, 0.1) is 17.8 Å². The fourth-order valence-electron chi connectivity index (χ4n) is 3.43. The molecule has 2 rings (SSSR count). The van der Waals surface area contributed by atoms with E-state index in [0.29, 0.717) is 18.7 Å². The van der Waals surface area contributed by atoms with E-state index in [1.54, 1.807) is 58.2 Å². The maximum atomic E-state index is 13.4. The van der Waals surface area contributed by atoms with Gasteiger partial charge in [-0.25, -0.2) is 9.07 Å². The van der Waals surface area contributed by atoms with E-state index in [-0.39, 0.29) is 35.1 Å². The molecule has 2 N–H and O–H groups in total. The third-order valence-electron chi connectivity index (χ3n) is 6.01. The first-order valence-corrected chi connectivity index (χ1v) is 12.0. The number of hydrogen-bond donors (Lipinski definition) is 2. The van der Waals surface area contributed by atoms with Gasteiger partial charge in [-0.05, 0) is 63.1 Å². The van der Waals surface area contributed by atoms with E-state index in [1.165, 1.54) is 21.7 Å². The first-order valence-electron chi connectivity index (χ1n) is 12.0. The number of likely N-dealkylation sites (N-methyl/N-ethyl adjacent to an activating group) is 2. The summed E-state index contributed by atoms with van der Waals surface area (Å²) in [6.07, 6.45) is 3.99. The molecule has 0 spiro atoms. The molecule has 0 aliphatic carbocycles. The van der Waals surface area contributed by atoms with E-state index in [9.17, 15) is 14.0 Å². The predicted molar refractivity (Wildman–Crippen MR) is 141 cm³/mol. The Hall–Kier alpha value is -3.33. The minimum Gasteiger partial charge on any atom is -0.347 e. The number of rotatable bonds is 9. The molecule has 9 heteroatoms. The number of aromatic nitrogens is 2. The van der Waals surface area contributed by atoms with Crippen LogP contribution < -0.4 is 10.8 Å². The highest BCUT2D eigenvalue weighted by Crippen LogP contribution is 2.24. The molecule has 1 heterocycles. The monoisotopic (exact) mass is 498 g/mol. The van der Waals surface area contributed by atoms with E-state index in [0.717, 1.165) is 11.1 Å². The van der Waals surface area contributed by atoms with Gasteiger partial charge in [-0.3, -0.25) is 15.0 Å². The summed E-state index contributed by atoms with van der Waals surface area (Å²) in [6, 6.07) is 7.96. The highest BCUT2D eigenvalue weighted by molar-refractivity contribution is 5.89. The lowest BCUT2D eigenvalue weighted by atomic mass is 9.87. The Balaban J connectivity index is 2.34. The van der Waals surface area contributed by atoms with E-state index in [1.807, 2.05) is 32.9 Å². The minimum absolute atomic E-state index is 0.0197. The molecule has 0 unspecified atom stereocenters. The molecule has 36 heavy (non-hydrogen) atoms. The van der Waals surface area contributed by atoms with E-state index < -0.39 is 5.54 Å². The summed E-state index contributed by atoms with van der Waals surface area (Å²) in [6.45, 7) is 9.94. The zero-order valence-electron chi connectivity index (χ0n) is 22.6. The van der Waals surface area contributed by atoms with Gasteiger partial charge in [0, 0.05) is 38.0 Å². The average molecular weight is 499 g/mol.